The van der Waals surface area contributed by atoms with E-state index in [2.05, 4.69) is 30.4 Å². The Kier molecular flexibility index (Phi) is 2.93. The molecule has 3 rings (SSSR count). The number of carbonyl (C=O) groups excluding carboxylic acids is 1. The molecule has 3 nitrogen and oxygen atoms in total. The highest BCUT2D eigenvalue weighted by molar-refractivity contribution is 5.82. The van der Waals surface area contributed by atoms with Crippen LogP contribution in [0, 0.1) is 13.8 Å². The minimum atomic E-state index is -0.264. The monoisotopic (exact) mass is 269 g/mol. The third kappa shape index (κ3) is 1.94. The van der Waals surface area contributed by atoms with Gasteiger partial charge in [-0.15, -0.1) is 0 Å². The molecule has 0 aliphatic carbocycles. The lowest BCUT2D eigenvalue weighted by molar-refractivity contribution is -0.119. The number of amides is 1. The van der Waals surface area contributed by atoms with Gasteiger partial charge in [0, 0.05) is 17.4 Å². The highest BCUT2D eigenvalue weighted by atomic mass is 16.3. The summed E-state index contributed by atoms with van der Waals surface area (Å²) in [4.78, 5) is 12.0. The van der Waals surface area contributed by atoms with Crippen LogP contribution in [0.1, 0.15) is 42.0 Å². The molecule has 0 bridgehead atoms. The molecule has 2 unspecified atom stereocenters. The first-order chi connectivity index (χ1) is 9.50. The van der Waals surface area contributed by atoms with Crippen LogP contribution in [0.3, 0.4) is 0 Å². The van der Waals surface area contributed by atoms with Crippen LogP contribution in [-0.4, -0.2) is 5.91 Å². The Bertz CT molecular complexity index is 644. The van der Waals surface area contributed by atoms with E-state index < -0.39 is 0 Å². The molecule has 0 saturated carbocycles. The number of rotatable bonds is 2. The van der Waals surface area contributed by atoms with Crippen molar-refractivity contribution in [2.45, 2.75) is 38.6 Å². The van der Waals surface area contributed by atoms with Gasteiger partial charge in [0.2, 0.25) is 5.91 Å². The second-order valence-corrected chi connectivity index (χ2v) is 5.83. The first kappa shape index (κ1) is 13.0. The van der Waals surface area contributed by atoms with Gasteiger partial charge in [-0.2, -0.15) is 0 Å². The standard InChI is InChI=1S/C17H19NO2/c1-11-9-14(12(2)20-11)17(3)10-15(19)18-16(17)13-7-5-4-6-8-13/h4-9,16H,10H2,1-3H3,(H,18,19). The van der Waals surface area contributed by atoms with Gasteiger partial charge in [0.15, 0.2) is 0 Å². The van der Waals surface area contributed by atoms with E-state index in [4.69, 9.17) is 4.42 Å². The number of carbonyl (C=O) groups is 1. The van der Waals surface area contributed by atoms with Crippen molar-refractivity contribution in [1.29, 1.82) is 0 Å². The number of aryl methyl sites for hydroxylation is 2. The Balaban J connectivity index is 2.10. The van der Waals surface area contributed by atoms with Crippen LogP contribution in [0.5, 0.6) is 0 Å². The molecule has 1 aliphatic rings. The van der Waals surface area contributed by atoms with Gasteiger partial charge in [-0.25, -0.2) is 0 Å². The first-order valence-corrected chi connectivity index (χ1v) is 6.92. The average Bonchev–Trinajstić information content (AvgIpc) is 2.91. The van der Waals surface area contributed by atoms with Crippen LogP contribution in [0.4, 0.5) is 0 Å². The van der Waals surface area contributed by atoms with Gasteiger partial charge in [-0.3, -0.25) is 4.79 Å². The molecule has 1 aromatic heterocycles. The zero-order valence-corrected chi connectivity index (χ0v) is 12.1. The highest BCUT2D eigenvalue weighted by Gasteiger charge is 2.46. The minimum Gasteiger partial charge on any atom is -0.466 e. The van der Waals surface area contributed by atoms with Gasteiger partial charge >= 0.3 is 0 Å². The first-order valence-electron chi connectivity index (χ1n) is 6.92. The molecule has 20 heavy (non-hydrogen) atoms. The summed E-state index contributed by atoms with van der Waals surface area (Å²) in [5.74, 6) is 1.90. The summed E-state index contributed by atoms with van der Waals surface area (Å²) in [6, 6.07) is 12.2. The topological polar surface area (TPSA) is 42.2 Å². The van der Waals surface area contributed by atoms with Gasteiger partial charge in [0.05, 0.1) is 6.04 Å². The van der Waals surface area contributed by atoms with E-state index in [1.165, 1.54) is 0 Å². The predicted molar refractivity (Wildman–Crippen MR) is 77.5 cm³/mol. The number of nitrogens with one attached hydrogen (secondary N) is 1. The Morgan fingerprint density at radius 3 is 2.55 bits per heavy atom. The van der Waals surface area contributed by atoms with Crippen molar-refractivity contribution < 1.29 is 9.21 Å². The van der Waals surface area contributed by atoms with Gasteiger partial charge in [0.1, 0.15) is 11.5 Å². The van der Waals surface area contributed by atoms with Gasteiger partial charge in [0.25, 0.3) is 0 Å². The largest absolute Gasteiger partial charge is 0.466 e. The quantitative estimate of drug-likeness (QED) is 0.907. The van der Waals surface area contributed by atoms with E-state index in [-0.39, 0.29) is 17.4 Å². The molecule has 1 N–H and O–H groups in total. The maximum Gasteiger partial charge on any atom is 0.221 e. The summed E-state index contributed by atoms with van der Waals surface area (Å²) in [6.07, 6.45) is 0.492. The average molecular weight is 269 g/mol. The highest BCUT2D eigenvalue weighted by Crippen LogP contribution is 2.45. The van der Waals surface area contributed by atoms with Crippen molar-refractivity contribution in [3.63, 3.8) is 0 Å². The molecule has 1 saturated heterocycles. The molecule has 3 heteroatoms. The SMILES string of the molecule is Cc1cc(C2(C)CC(=O)NC2c2ccccc2)c(C)o1. The predicted octanol–water partition coefficient (Wildman–Crippen LogP) is 3.42. The lowest BCUT2D eigenvalue weighted by Gasteiger charge is -2.30. The van der Waals surface area contributed by atoms with E-state index in [1.54, 1.807) is 0 Å². The molecule has 2 atom stereocenters. The fraction of sp³-hybridized carbons (Fsp3) is 0.353. The summed E-state index contributed by atoms with van der Waals surface area (Å²) in [6.45, 7) is 6.06. The number of benzene rings is 1. The third-order valence-electron chi connectivity index (χ3n) is 4.26. The van der Waals surface area contributed by atoms with E-state index in [0.29, 0.717) is 6.42 Å². The Morgan fingerprint density at radius 1 is 1.25 bits per heavy atom. The molecule has 0 spiro atoms. The number of furan rings is 1. The molecule has 1 fully saturated rings. The van der Waals surface area contributed by atoms with Crippen molar-refractivity contribution in [2.24, 2.45) is 0 Å². The maximum atomic E-state index is 12.0. The van der Waals surface area contributed by atoms with Gasteiger partial charge in [-0.1, -0.05) is 37.3 Å². The van der Waals surface area contributed by atoms with Crippen molar-refractivity contribution in [1.82, 2.24) is 5.32 Å². The van der Waals surface area contributed by atoms with E-state index in [1.807, 2.05) is 32.0 Å². The maximum absolute atomic E-state index is 12.0. The number of hydrogen-bond acceptors (Lipinski definition) is 2. The van der Waals surface area contributed by atoms with Crippen LogP contribution < -0.4 is 5.32 Å². The van der Waals surface area contributed by atoms with Crippen molar-refractivity contribution in [3.05, 3.63) is 59.0 Å². The van der Waals surface area contributed by atoms with Gasteiger partial charge < -0.3 is 9.73 Å². The fourth-order valence-electron chi connectivity index (χ4n) is 3.35. The molecule has 0 radical (unpaired) electrons. The van der Waals surface area contributed by atoms with Crippen molar-refractivity contribution >= 4 is 5.91 Å². The van der Waals surface area contributed by atoms with Gasteiger partial charge in [-0.05, 0) is 25.5 Å². The van der Waals surface area contributed by atoms with Crippen LogP contribution in [0.25, 0.3) is 0 Å². The van der Waals surface area contributed by atoms with Crippen molar-refractivity contribution in [2.75, 3.05) is 0 Å². The normalized spacial score (nSPS) is 25.8. The number of hydrogen-bond donors (Lipinski definition) is 1. The zero-order valence-electron chi connectivity index (χ0n) is 12.1. The lowest BCUT2D eigenvalue weighted by Crippen LogP contribution is -2.30. The summed E-state index contributed by atoms with van der Waals surface area (Å²) >= 11 is 0. The van der Waals surface area contributed by atoms with E-state index in [0.717, 1.165) is 22.6 Å². The molecule has 1 aromatic carbocycles. The van der Waals surface area contributed by atoms with Crippen LogP contribution in [0.2, 0.25) is 0 Å². The van der Waals surface area contributed by atoms with Crippen molar-refractivity contribution in [3.8, 4) is 0 Å². The summed E-state index contributed by atoms with van der Waals surface area (Å²) in [5, 5.41) is 3.12. The molecular weight excluding hydrogens is 250 g/mol. The summed E-state index contributed by atoms with van der Waals surface area (Å²) < 4.78 is 5.67. The molecule has 104 valence electrons. The molecule has 1 aliphatic heterocycles. The van der Waals surface area contributed by atoms with E-state index >= 15 is 0 Å². The smallest absolute Gasteiger partial charge is 0.221 e. The Hall–Kier alpha value is -2.03. The third-order valence-corrected chi connectivity index (χ3v) is 4.26. The Labute approximate surface area is 119 Å². The summed E-state index contributed by atoms with van der Waals surface area (Å²) in [7, 11) is 0. The lowest BCUT2D eigenvalue weighted by atomic mass is 9.73. The van der Waals surface area contributed by atoms with Crippen LogP contribution in [0.15, 0.2) is 40.8 Å². The van der Waals surface area contributed by atoms with Crippen LogP contribution >= 0.6 is 0 Å². The molecular formula is C17H19NO2. The minimum absolute atomic E-state index is 0.00750. The fourth-order valence-corrected chi connectivity index (χ4v) is 3.35. The summed E-state index contributed by atoms with van der Waals surface area (Å²) in [5.41, 5.74) is 2.00. The molecule has 1 amide bonds. The zero-order chi connectivity index (χ0) is 14.3. The Morgan fingerprint density at radius 2 is 1.95 bits per heavy atom. The van der Waals surface area contributed by atoms with Crippen LogP contribution in [-0.2, 0) is 10.2 Å². The second-order valence-electron chi connectivity index (χ2n) is 5.83. The second kappa shape index (κ2) is 4.51. The van der Waals surface area contributed by atoms with E-state index in [9.17, 15) is 4.79 Å². The molecule has 2 aromatic rings. The molecule has 2 heterocycles.